The van der Waals surface area contributed by atoms with Crippen molar-refractivity contribution in [2.45, 2.75) is 26.3 Å². The maximum Gasteiger partial charge on any atom is 0.246 e. The minimum Gasteiger partial charge on any atom is -0.341 e. The van der Waals surface area contributed by atoms with Gasteiger partial charge in [0.1, 0.15) is 16.9 Å². The predicted molar refractivity (Wildman–Crippen MR) is 107 cm³/mol. The van der Waals surface area contributed by atoms with E-state index >= 15 is 0 Å². The number of aromatic nitrogens is 1. The monoisotopic (exact) mass is 407 g/mol. The summed E-state index contributed by atoms with van der Waals surface area (Å²) in [5.74, 6) is 0.821. The second-order valence-electron chi connectivity index (χ2n) is 6.20. The van der Waals surface area contributed by atoms with Crippen LogP contribution in [0.5, 0.6) is 0 Å². The Labute approximate surface area is 166 Å². The molecule has 2 aromatic rings. The number of amides is 2. The summed E-state index contributed by atoms with van der Waals surface area (Å²) in [7, 11) is 0. The summed E-state index contributed by atoms with van der Waals surface area (Å²) in [6.07, 6.45) is 0.175. The number of nitrogens with zero attached hydrogens (tertiary/aromatic N) is 3. The maximum atomic E-state index is 13.1. The quantitative estimate of drug-likeness (QED) is 0.738. The third kappa shape index (κ3) is 4.50. The topological polar surface area (TPSA) is 53.5 Å². The van der Waals surface area contributed by atoms with Crippen LogP contribution in [0, 0.1) is 5.82 Å². The van der Waals surface area contributed by atoms with Gasteiger partial charge in [-0.25, -0.2) is 9.37 Å². The van der Waals surface area contributed by atoms with Crippen molar-refractivity contribution in [1.29, 1.82) is 0 Å². The molecule has 1 saturated heterocycles. The largest absolute Gasteiger partial charge is 0.341 e. The van der Waals surface area contributed by atoms with Crippen LogP contribution >= 0.6 is 23.1 Å². The van der Waals surface area contributed by atoms with Gasteiger partial charge in [-0.1, -0.05) is 0 Å². The van der Waals surface area contributed by atoms with E-state index in [2.05, 4.69) is 4.98 Å². The lowest BCUT2D eigenvalue weighted by atomic mass is 10.2. The number of likely N-dealkylation sites (N-methyl/N-ethyl adjacent to an activating group) is 1. The molecule has 0 aliphatic carbocycles. The van der Waals surface area contributed by atoms with Gasteiger partial charge in [-0.3, -0.25) is 9.59 Å². The molecule has 3 rings (SSSR count). The Morgan fingerprint density at radius 1 is 1.26 bits per heavy atom. The molecule has 0 bridgehead atoms. The van der Waals surface area contributed by atoms with Crippen molar-refractivity contribution in [3.8, 4) is 11.3 Å². The van der Waals surface area contributed by atoms with E-state index in [4.69, 9.17) is 0 Å². The van der Waals surface area contributed by atoms with Crippen LogP contribution in [0.1, 0.15) is 18.9 Å². The highest BCUT2D eigenvalue weighted by Gasteiger charge is 2.36. The van der Waals surface area contributed by atoms with Crippen LogP contribution < -0.4 is 0 Å². The Morgan fingerprint density at radius 2 is 1.96 bits per heavy atom. The molecule has 0 N–H and O–H groups in total. The summed E-state index contributed by atoms with van der Waals surface area (Å²) in [5, 5.41) is 2.57. The van der Waals surface area contributed by atoms with Crippen LogP contribution in [0.2, 0.25) is 0 Å². The van der Waals surface area contributed by atoms with E-state index in [0.29, 0.717) is 29.7 Å². The molecule has 0 saturated carbocycles. The lowest BCUT2D eigenvalue weighted by molar-refractivity contribution is -0.142. The highest BCUT2D eigenvalue weighted by Crippen LogP contribution is 2.26. The van der Waals surface area contributed by atoms with Gasteiger partial charge in [0.25, 0.3) is 0 Å². The zero-order valence-corrected chi connectivity index (χ0v) is 17.0. The van der Waals surface area contributed by atoms with Gasteiger partial charge in [0.15, 0.2) is 0 Å². The summed E-state index contributed by atoms with van der Waals surface area (Å²) >= 11 is 3.01. The maximum absolute atomic E-state index is 13.1. The minimum absolute atomic E-state index is 0.0180. The van der Waals surface area contributed by atoms with E-state index in [1.165, 1.54) is 23.5 Å². The summed E-state index contributed by atoms with van der Waals surface area (Å²) < 4.78 is 13.1. The predicted octanol–water partition coefficient (Wildman–Crippen LogP) is 3.26. The molecular formula is C19H22FN3O2S2. The molecule has 0 spiro atoms. The number of carbonyl (C=O) groups is 2. The first-order valence-electron chi connectivity index (χ1n) is 8.89. The fraction of sp³-hybridized carbons (Fsp3) is 0.421. The molecule has 1 aliphatic rings. The molecule has 1 unspecified atom stereocenters. The van der Waals surface area contributed by atoms with Crippen molar-refractivity contribution < 1.29 is 14.0 Å². The number of halogens is 1. The number of carbonyl (C=O) groups excluding carboxylic acids is 2. The molecule has 1 aromatic heterocycles. The number of thioether (sulfide) groups is 1. The SMILES string of the molecule is CCN(CC)C(=O)C1CSCN1C(=O)Cc1nc(-c2ccc(F)cc2)cs1. The average molecular weight is 408 g/mol. The van der Waals surface area contributed by atoms with E-state index in [1.54, 1.807) is 33.7 Å². The lowest BCUT2D eigenvalue weighted by Crippen LogP contribution is -2.49. The number of hydrogen-bond acceptors (Lipinski definition) is 5. The summed E-state index contributed by atoms with van der Waals surface area (Å²) in [4.78, 5) is 33.4. The molecular weight excluding hydrogens is 385 g/mol. The Balaban J connectivity index is 1.68. The molecule has 1 aromatic carbocycles. The molecule has 1 aliphatic heterocycles. The van der Waals surface area contributed by atoms with Gasteiger partial charge in [0, 0.05) is 29.8 Å². The third-order valence-electron chi connectivity index (χ3n) is 4.56. The van der Waals surface area contributed by atoms with Gasteiger partial charge < -0.3 is 9.80 Å². The van der Waals surface area contributed by atoms with Gasteiger partial charge in [-0.15, -0.1) is 23.1 Å². The van der Waals surface area contributed by atoms with E-state index in [-0.39, 0.29) is 30.1 Å². The molecule has 5 nitrogen and oxygen atoms in total. The van der Waals surface area contributed by atoms with Crippen LogP contribution in [0.15, 0.2) is 29.6 Å². The summed E-state index contributed by atoms with van der Waals surface area (Å²) in [6.45, 7) is 5.18. The number of thiazole rings is 1. The first-order chi connectivity index (χ1) is 13.0. The first-order valence-corrected chi connectivity index (χ1v) is 10.9. The minimum atomic E-state index is -0.390. The van der Waals surface area contributed by atoms with Gasteiger partial charge >= 0.3 is 0 Å². The molecule has 1 fully saturated rings. The summed E-state index contributed by atoms with van der Waals surface area (Å²) in [5.41, 5.74) is 1.55. The smallest absolute Gasteiger partial charge is 0.246 e. The molecule has 2 amide bonds. The van der Waals surface area contributed by atoms with Crippen LogP contribution in [0.3, 0.4) is 0 Å². The Morgan fingerprint density at radius 3 is 2.63 bits per heavy atom. The van der Waals surface area contributed by atoms with Crippen LogP contribution in [0.25, 0.3) is 11.3 Å². The van der Waals surface area contributed by atoms with Crippen molar-refractivity contribution >= 4 is 34.9 Å². The first kappa shape index (κ1) is 19.8. The summed E-state index contributed by atoms with van der Waals surface area (Å²) in [6, 6.07) is 5.74. The fourth-order valence-electron chi connectivity index (χ4n) is 3.02. The van der Waals surface area contributed by atoms with Crippen molar-refractivity contribution in [2.75, 3.05) is 24.7 Å². The van der Waals surface area contributed by atoms with Crippen LogP contribution in [-0.2, 0) is 16.0 Å². The molecule has 1 atom stereocenters. The zero-order valence-electron chi connectivity index (χ0n) is 15.4. The van der Waals surface area contributed by atoms with Crippen molar-refractivity contribution in [3.63, 3.8) is 0 Å². The van der Waals surface area contributed by atoms with Gasteiger partial charge in [-0.05, 0) is 38.1 Å². The van der Waals surface area contributed by atoms with E-state index in [1.807, 2.05) is 19.2 Å². The number of rotatable bonds is 6. The van der Waals surface area contributed by atoms with Crippen molar-refractivity contribution in [1.82, 2.24) is 14.8 Å². The number of hydrogen-bond donors (Lipinski definition) is 0. The molecule has 27 heavy (non-hydrogen) atoms. The van der Waals surface area contributed by atoms with Gasteiger partial charge in [0.2, 0.25) is 11.8 Å². The third-order valence-corrected chi connectivity index (χ3v) is 6.42. The Kier molecular flexibility index (Phi) is 6.49. The molecule has 144 valence electrons. The molecule has 0 radical (unpaired) electrons. The highest BCUT2D eigenvalue weighted by molar-refractivity contribution is 7.99. The fourth-order valence-corrected chi connectivity index (χ4v) is 4.98. The lowest BCUT2D eigenvalue weighted by Gasteiger charge is -2.28. The van der Waals surface area contributed by atoms with E-state index in [9.17, 15) is 14.0 Å². The van der Waals surface area contributed by atoms with Crippen molar-refractivity contribution in [3.05, 3.63) is 40.5 Å². The zero-order chi connectivity index (χ0) is 19.4. The molecule has 2 heterocycles. The Bertz CT molecular complexity index is 806. The van der Waals surface area contributed by atoms with E-state index in [0.717, 1.165) is 11.3 Å². The van der Waals surface area contributed by atoms with Crippen LogP contribution in [-0.4, -0.2) is 57.4 Å². The van der Waals surface area contributed by atoms with Crippen molar-refractivity contribution in [2.24, 2.45) is 0 Å². The normalized spacial score (nSPS) is 16.6. The average Bonchev–Trinajstić information content (AvgIpc) is 3.32. The molecule has 8 heteroatoms. The Hall–Kier alpha value is -1.93. The second kappa shape index (κ2) is 8.84. The standard InChI is InChI=1S/C19H22FN3O2S2/c1-3-22(4-2)19(25)16-11-26-12-23(16)18(24)9-17-21-15(10-27-17)13-5-7-14(20)8-6-13/h5-8,10,16H,3-4,9,11-12H2,1-2H3. The second-order valence-corrected chi connectivity index (χ2v) is 8.14. The highest BCUT2D eigenvalue weighted by atomic mass is 32.2. The van der Waals surface area contributed by atoms with E-state index < -0.39 is 0 Å². The van der Waals surface area contributed by atoms with Gasteiger partial charge in [-0.2, -0.15) is 0 Å². The van der Waals surface area contributed by atoms with Crippen LogP contribution in [0.4, 0.5) is 4.39 Å². The number of benzene rings is 1. The van der Waals surface area contributed by atoms with Gasteiger partial charge in [0.05, 0.1) is 18.0 Å².